The summed E-state index contributed by atoms with van der Waals surface area (Å²) in [6.45, 7) is 0.0370. The summed E-state index contributed by atoms with van der Waals surface area (Å²) in [6.07, 6.45) is 3.00. The molecule has 1 aliphatic rings. The standard InChI is InChI=1S/C16H18ClN3O/c17-14-9-15(20-16(19-14)12-6-7-12)18-13(10-21)8-11-4-2-1-3-5-11/h1-5,9,12-13,21H,6-8,10H2,(H,18,19,20). The second-order valence-corrected chi connectivity index (χ2v) is 5.81. The van der Waals surface area contributed by atoms with Gasteiger partial charge in [0.15, 0.2) is 0 Å². The van der Waals surface area contributed by atoms with E-state index < -0.39 is 0 Å². The van der Waals surface area contributed by atoms with E-state index in [1.165, 1.54) is 5.56 Å². The van der Waals surface area contributed by atoms with Crippen LogP contribution in [0.4, 0.5) is 5.82 Å². The van der Waals surface area contributed by atoms with E-state index in [1.54, 1.807) is 6.07 Å². The summed E-state index contributed by atoms with van der Waals surface area (Å²) in [6, 6.07) is 11.7. The van der Waals surface area contributed by atoms with Gasteiger partial charge in [-0.3, -0.25) is 0 Å². The highest BCUT2D eigenvalue weighted by molar-refractivity contribution is 6.29. The molecule has 0 amide bonds. The highest BCUT2D eigenvalue weighted by atomic mass is 35.5. The van der Waals surface area contributed by atoms with Gasteiger partial charge in [-0.25, -0.2) is 9.97 Å². The van der Waals surface area contributed by atoms with Gasteiger partial charge in [-0.15, -0.1) is 0 Å². The monoisotopic (exact) mass is 303 g/mol. The Morgan fingerprint density at radius 3 is 2.67 bits per heavy atom. The van der Waals surface area contributed by atoms with Crippen molar-refractivity contribution in [3.63, 3.8) is 0 Å². The first-order valence-electron chi connectivity index (χ1n) is 7.20. The fourth-order valence-corrected chi connectivity index (χ4v) is 2.49. The molecule has 1 saturated carbocycles. The quantitative estimate of drug-likeness (QED) is 0.805. The number of nitrogens with one attached hydrogen (secondary N) is 1. The molecule has 1 atom stereocenters. The van der Waals surface area contributed by atoms with Crippen LogP contribution in [0.1, 0.15) is 30.1 Å². The van der Waals surface area contributed by atoms with Gasteiger partial charge in [0.25, 0.3) is 0 Å². The number of halogens is 1. The third-order valence-electron chi connectivity index (χ3n) is 3.55. The Hall–Kier alpha value is -1.65. The van der Waals surface area contributed by atoms with Crippen LogP contribution in [-0.4, -0.2) is 27.7 Å². The van der Waals surface area contributed by atoms with Crippen LogP contribution in [0.3, 0.4) is 0 Å². The lowest BCUT2D eigenvalue weighted by Gasteiger charge is -2.17. The van der Waals surface area contributed by atoms with Gasteiger partial charge in [0, 0.05) is 12.0 Å². The van der Waals surface area contributed by atoms with Gasteiger partial charge in [-0.05, 0) is 24.8 Å². The van der Waals surface area contributed by atoms with Crippen LogP contribution in [0.2, 0.25) is 5.15 Å². The largest absolute Gasteiger partial charge is 0.394 e. The van der Waals surface area contributed by atoms with Crippen LogP contribution in [0.5, 0.6) is 0 Å². The first-order valence-corrected chi connectivity index (χ1v) is 7.58. The van der Waals surface area contributed by atoms with Crippen molar-refractivity contribution in [2.24, 2.45) is 0 Å². The highest BCUT2D eigenvalue weighted by Crippen LogP contribution is 2.38. The van der Waals surface area contributed by atoms with Gasteiger partial charge >= 0.3 is 0 Å². The molecule has 3 rings (SSSR count). The van der Waals surface area contributed by atoms with Gasteiger partial charge in [0.2, 0.25) is 0 Å². The average Bonchev–Trinajstić information content (AvgIpc) is 3.32. The SMILES string of the molecule is OCC(Cc1ccccc1)Nc1cc(Cl)nc(C2CC2)n1. The van der Waals surface area contributed by atoms with Crippen molar-refractivity contribution in [3.05, 3.63) is 52.9 Å². The Bertz CT molecular complexity index is 602. The molecule has 1 fully saturated rings. The Kier molecular flexibility index (Phi) is 4.36. The van der Waals surface area contributed by atoms with Crippen molar-refractivity contribution >= 4 is 17.4 Å². The maximum absolute atomic E-state index is 9.57. The molecule has 1 heterocycles. The van der Waals surface area contributed by atoms with E-state index in [1.807, 2.05) is 30.3 Å². The van der Waals surface area contributed by atoms with Crippen molar-refractivity contribution < 1.29 is 5.11 Å². The molecule has 110 valence electrons. The Morgan fingerprint density at radius 2 is 2.00 bits per heavy atom. The molecule has 2 N–H and O–H groups in total. The minimum absolute atomic E-state index is 0.0370. The molecule has 0 saturated heterocycles. The van der Waals surface area contributed by atoms with Crippen molar-refractivity contribution in [3.8, 4) is 0 Å². The predicted molar refractivity (Wildman–Crippen MR) is 83.7 cm³/mol. The molecule has 0 bridgehead atoms. The zero-order valence-electron chi connectivity index (χ0n) is 11.7. The molecular weight excluding hydrogens is 286 g/mol. The van der Waals surface area contributed by atoms with Crippen LogP contribution >= 0.6 is 11.6 Å². The molecule has 1 unspecified atom stereocenters. The summed E-state index contributed by atoms with van der Waals surface area (Å²) < 4.78 is 0. The summed E-state index contributed by atoms with van der Waals surface area (Å²) in [5.74, 6) is 1.94. The summed E-state index contributed by atoms with van der Waals surface area (Å²) >= 11 is 6.06. The molecule has 0 radical (unpaired) electrons. The third-order valence-corrected chi connectivity index (χ3v) is 3.75. The summed E-state index contributed by atoms with van der Waals surface area (Å²) in [7, 11) is 0. The van der Waals surface area contributed by atoms with Crippen molar-refractivity contribution in [1.82, 2.24) is 9.97 Å². The van der Waals surface area contributed by atoms with Crippen LogP contribution < -0.4 is 5.32 Å². The topological polar surface area (TPSA) is 58.0 Å². The van der Waals surface area contributed by atoms with Gasteiger partial charge in [-0.2, -0.15) is 0 Å². The second kappa shape index (κ2) is 6.41. The molecule has 2 aromatic rings. The lowest BCUT2D eigenvalue weighted by molar-refractivity contribution is 0.273. The number of nitrogens with zero attached hydrogens (tertiary/aromatic N) is 2. The van der Waals surface area contributed by atoms with Gasteiger partial charge in [0.05, 0.1) is 12.6 Å². The van der Waals surface area contributed by atoms with Crippen LogP contribution in [0, 0.1) is 0 Å². The molecular formula is C16H18ClN3O. The molecule has 1 aliphatic carbocycles. The minimum atomic E-state index is -0.0922. The van der Waals surface area contributed by atoms with Crippen LogP contribution in [-0.2, 0) is 6.42 Å². The number of aliphatic hydroxyl groups excluding tert-OH is 1. The third kappa shape index (κ3) is 3.93. The maximum Gasteiger partial charge on any atom is 0.135 e. The number of benzene rings is 1. The molecule has 5 heteroatoms. The molecule has 4 nitrogen and oxygen atoms in total. The maximum atomic E-state index is 9.57. The summed E-state index contributed by atoms with van der Waals surface area (Å²) in [5.41, 5.74) is 1.17. The van der Waals surface area contributed by atoms with Crippen molar-refractivity contribution in [2.75, 3.05) is 11.9 Å². The number of aliphatic hydroxyl groups is 1. The highest BCUT2D eigenvalue weighted by Gasteiger charge is 2.27. The molecule has 0 spiro atoms. The average molecular weight is 304 g/mol. The Balaban J connectivity index is 1.71. The first kappa shape index (κ1) is 14.3. The fourth-order valence-electron chi connectivity index (χ4n) is 2.30. The minimum Gasteiger partial charge on any atom is -0.394 e. The van der Waals surface area contributed by atoms with E-state index in [4.69, 9.17) is 11.6 Å². The van der Waals surface area contributed by atoms with Crippen molar-refractivity contribution in [2.45, 2.75) is 31.2 Å². The molecule has 1 aromatic heterocycles. The number of aromatic nitrogens is 2. The van der Waals surface area contributed by atoms with E-state index >= 15 is 0 Å². The van der Waals surface area contributed by atoms with E-state index in [0.29, 0.717) is 16.9 Å². The smallest absolute Gasteiger partial charge is 0.135 e. The first-order chi connectivity index (χ1) is 10.2. The van der Waals surface area contributed by atoms with Crippen LogP contribution in [0.25, 0.3) is 0 Å². The number of anilines is 1. The van der Waals surface area contributed by atoms with E-state index in [2.05, 4.69) is 15.3 Å². The van der Waals surface area contributed by atoms with E-state index in [9.17, 15) is 5.11 Å². The summed E-state index contributed by atoms with van der Waals surface area (Å²) in [4.78, 5) is 8.77. The molecule has 0 aliphatic heterocycles. The zero-order valence-corrected chi connectivity index (χ0v) is 12.4. The lowest BCUT2D eigenvalue weighted by atomic mass is 10.1. The van der Waals surface area contributed by atoms with Gasteiger partial charge < -0.3 is 10.4 Å². The molecule has 21 heavy (non-hydrogen) atoms. The normalized spacial score (nSPS) is 15.7. The van der Waals surface area contributed by atoms with Gasteiger partial charge in [-0.1, -0.05) is 41.9 Å². The number of hydrogen-bond donors (Lipinski definition) is 2. The second-order valence-electron chi connectivity index (χ2n) is 5.42. The zero-order chi connectivity index (χ0) is 14.7. The van der Waals surface area contributed by atoms with Gasteiger partial charge in [0.1, 0.15) is 16.8 Å². The predicted octanol–water partition coefficient (Wildman–Crippen LogP) is 3.02. The summed E-state index contributed by atoms with van der Waals surface area (Å²) in [5, 5.41) is 13.3. The fraction of sp³-hybridized carbons (Fsp3) is 0.375. The van der Waals surface area contributed by atoms with Crippen LogP contribution in [0.15, 0.2) is 36.4 Å². The van der Waals surface area contributed by atoms with Crippen molar-refractivity contribution in [1.29, 1.82) is 0 Å². The Morgan fingerprint density at radius 1 is 1.24 bits per heavy atom. The number of rotatable bonds is 6. The Labute approximate surface area is 129 Å². The lowest BCUT2D eigenvalue weighted by Crippen LogP contribution is -2.27. The van der Waals surface area contributed by atoms with E-state index in [0.717, 1.165) is 25.1 Å². The van der Waals surface area contributed by atoms with E-state index in [-0.39, 0.29) is 12.6 Å². The number of hydrogen-bond acceptors (Lipinski definition) is 4. The molecule has 1 aromatic carbocycles.